The topological polar surface area (TPSA) is 94.1 Å². The van der Waals surface area contributed by atoms with Crippen LogP contribution in [0.5, 0.6) is 5.88 Å². The van der Waals surface area contributed by atoms with Gasteiger partial charge in [-0.25, -0.2) is 15.0 Å². The third-order valence-corrected chi connectivity index (χ3v) is 4.13. The molecule has 0 bridgehead atoms. The molecule has 2 aromatic rings. The third kappa shape index (κ3) is 6.78. The van der Waals surface area contributed by atoms with Crippen LogP contribution in [0.4, 0.5) is 13.2 Å². The lowest BCUT2D eigenvalue weighted by Gasteiger charge is -2.16. The van der Waals surface area contributed by atoms with E-state index >= 15 is 0 Å². The van der Waals surface area contributed by atoms with E-state index in [1.807, 2.05) is 0 Å². The van der Waals surface area contributed by atoms with Crippen molar-refractivity contribution in [3.63, 3.8) is 0 Å². The number of aromatic nitrogens is 3. The van der Waals surface area contributed by atoms with Crippen molar-refractivity contribution in [2.75, 3.05) is 6.61 Å². The number of carbonyl (C=O) groups is 2. The molecule has 0 saturated carbocycles. The minimum atomic E-state index is -4.48. The molecule has 2 heterocycles. The van der Waals surface area contributed by atoms with Crippen molar-refractivity contribution >= 4 is 11.7 Å². The normalized spacial score (nSPS) is 12.4. The standard InChI is InChI=1S/C20H23F3N4O3/c1-5-15(28)8-17-25-12(3)7-16(27-17)13(4)26-18(29)14-6-11(2)19(24-9-14)30-10-20(21,22)23/h6-7,9,13H,5,8,10H2,1-4H3,(H,26,29). The van der Waals surface area contributed by atoms with Gasteiger partial charge in [0.05, 0.1) is 23.7 Å². The molecule has 162 valence electrons. The van der Waals surface area contributed by atoms with Crippen LogP contribution < -0.4 is 10.1 Å². The van der Waals surface area contributed by atoms with Gasteiger partial charge in [0, 0.05) is 23.9 Å². The van der Waals surface area contributed by atoms with Gasteiger partial charge in [-0.3, -0.25) is 9.59 Å². The van der Waals surface area contributed by atoms with E-state index in [9.17, 15) is 22.8 Å². The number of hydrogen-bond donors (Lipinski definition) is 1. The number of pyridine rings is 1. The Morgan fingerprint density at radius 1 is 1.20 bits per heavy atom. The van der Waals surface area contributed by atoms with E-state index in [1.54, 1.807) is 26.8 Å². The number of ether oxygens (including phenoxy) is 1. The maximum absolute atomic E-state index is 12.5. The zero-order valence-corrected chi connectivity index (χ0v) is 17.1. The summed E-state index contributed by atoms with van der Waals surface area (Å²) in [5.41, 5.74) is 1.69. The van der Waals surface area contributed by atoms with E-state index in [0.29, 0.717) is 29.2 Å². The van der Waals surface area contributed by atoms with Crippen LogP contribution in [-0.2, 0) is 11.2 Å². The van der Waals surface area contributed by atoms with Crippen molar-refractivity contribution in [2.45, 2.75) is 52.8 Å². The minimum Gasteiger partial charge on any atom is -0.468 e. The number of rotatable bonds is 8. The fourth-order valence-electron chi connectivity index (χ4n) is 2.60. The number of hydrogen-bond acceptors (Lipinski definition) is 6. The first kappa shape index (κ1) is 23.2. The van der Waals surface area contributed by atoms with Crippen LogP contribution in [-0.4, -0.2) is 39.4 Å². The molecule has 30 heavy (non-hydrogen) atoms. The fraction of sp³-hybridized carbons (Fsp3) is 0.450. The summed E-state index contributed by atoms with van der Waals surface area (Å²) in [6, 6.07) is 2.62. The summed E-state index contributed by atoms with van der Waals surface area (Å²) >= 11 is 0. The molecule has 7 nitrogen and oxygen atoms in total. The molecule has 1 unspecified atom stereocenters. The molecular weight excluding hydrogens is 401 g/mol. The number of ketones is 1. The lowest BCUT2D eigenvalue weighted by atomic mass is 10.1. The molecule has 0 radical (unpaired) electrons. The maximum Gasteiger partial charge on any atom is 0.422 e. The predicted octanol–water partition coefficient (Wildman–Crippen LogP) is 3.44. The highest BCUT2D eigenvalue weighted by Crippen LogP contribution is 2.21. The Balaban J connectivity index is 2.10. The Morgan fingerprint density at radius 2 is 1.90 bits per heavy atom. The molecule has 1 atom stereocenters. The molecule has 0 aliphatic rings. The van der Waals surface area contributed by atoms with Gasteiger partial charge in [0.1, 0.15) is 11.6 Å². The number of nitrogens with one attached hydrogen (secondary N) is 1. The van der Waals surface area contributed by atoms with E-state index in [-0.39, 0.29) is 23.6 Å². The molecule has 0 spiro atoms. The molecular formula is C20H23F3N4O3. The molecule has 1 N–H and O–H groups in total. The van der Waals surface area contributed by atoms with E-state index in [1.165, 1.54) is 13.0 Å². The zero-order chi connectivity index (χ0) is 22.5. The molecule has 10 heteroatoms. The second-order valence-corrected chi connectivity index (χ2v) is 6.86. The smallest absolute Gasteiger partial charge is 0.422 e. The Labute approximate surface area is 172 Å². The van der Waals surface area contributed by atoms with Gasteiger partial charge in [-0.05, 0) is 32.9 Å². The van der Waals surface area contributed by atoms with Crippen LogP contribution in [0.25, 0.3) is 0 Å². The van der Waals surface area contributed by atoms with Crippen LogP contribution in [0.1, 0.15) is 59.4 Å². The number of nitrogens with zero attached hydrogens (tertiary/aromatic N) is 3. The summed E-state index contributed by atoms with van der Waals surface area (Å²) in [6.45, 7) is 5.30. The lowest BCUT2D eigenvalue weighted by molar-refractivity contribution is -0.154. The van der Waals surface area contributed by atoms with Gasteiger partial charge in [0.15, 0.2) is 6.61 Å². The zero-order valence-electron chi connectivity index (χ0n) is 17.1. The first-order valence-corrected chi connectivity index (χ1v) is 9.31. The Bertz CT molecular complexity index is 932. The predicted molar refractivity (Wildman–Crippen MR) is 102 cm³/mol. The molecule has 0 aliphatic heterocycles. The Kier molecular flexibility index (Phi) is 7.47. The quantitative estimate of drug-likeness (QED) is 0.698. The van der Waals surface area contributed by atoms with Crippen molar-refractivity contribution in [1.82, 2.24) is 20.3 Å². The molecule has 0 saturated heterocycles. The number of Topliss-reactive ketones (excluding diaryl/α,β-unsaturated/α-hetero) is 1. The number of halogens is 3. The molecule has 0 aliphatic carbocycles. The van der Waals surface area contributed by atoms with E-state index < -0.39 is 24.7 Å². The Hall–Kier alpha value is -3.04. The van der Waals surface area contributed by atoms with Crippen molar-refractivity contribution in [1.29, 1.82) is 0 Å². The lowest BCUT2D eigenvalue weighted by Crippen LogP contribution is -2.28. The minimum absolute atomic E-state index is 0.0117. The van der Waals surface area contributed by atoms with Crippen molar-refractivity contribution in [3.05, 3.63) is 46.7 Å². The second-order valence-electron chi connectivity index (χ2n) is 6.86. The first-order valence-electron chi connectivity index (χ1n) is 9.31. The second kappa shape index (κ2) is 9.64. The first-order chi connectivity index (χ1) is 14.0. The van der Waals surface area contributed by atoms with Gasteiger partial charge in [0.2, 0.25) is 5.88 Å². The summed E-state index contributed by atoms with van der Waals surface area (Å²) in [5.74, 6) is -0.254. The van der Waals surface area contributed by atoms with Crippen molar-refractivity contribution < 1.29 is 27.5 Å². The van der Waals surface area contributed by atoms with Gasteiger partial charge in [-0.2, -0.15) is 13.2 Å². The van der Waals surface area contributed by atoms with Crippen molar-refractivity contribution in [3.8, 4) is 5.88 Å². The monoisotopic (exact) mass is 424 g/mol. The highest BCUT2D eigenvalue weighted by molar-refractivity contribution is 5.94. The van der Waals surface area contributed by atoms with Crippen LogP contribution in [0.2, 0.25) is 0 Å². The van der Waals surface area contributed by atoms with Gasteiger partial charge in [0.25, 0.3) is 5.91 Å². The fourth-order valence-corrected chi connectivity index (χ4v) is 2.60. The highest BCUT2D eigenvalue weighted by atomic mass is 19.4. The summed E-state index contributed by atoms with van der Waals surface area (Å²) < 4.78 is 41.5. The molecule has 0 fully saturated rings. The number of aryl methyl sites for hydroxylation is 2. The maximum atomic E-state index is 12.5. The molecule has 2 aromatic heterocycles. The summed E-state index contributed by atoms with van der Waals surface area (Å²) in [5, 5.41) is 2.76. The van der Waals surface area contributed by atoms with Gasteiger partial charge >= 0.3 is 6.18 Å². The van der Waals surface area contributed by atoms with E-state index in [0.717, 1.165) is 6.20 Å². The summed E-state index contributed by atoms with van der Waals surface area (Å²) in [4.78, 5) is 36.6. The van der Waals surface area contributed by atoms with Gasteiger partial charge in [-0.15, -0.1) is 0 Å². The SMILES string of the molecule is CCC(=O)Cc1nc(C)cc(C(C)NC(=O)c2cnc(OCC(F)(F)F)c(C)c2)n1. The number of amides is 1. The number of alkyl halides is 3. The summed E-state index contributed by atoms with van der Waals surface area (Å²) in [6.07, 6.45) is -2.82. The summed E-state index contributed by atoms with van der Waals surface area (Å²) in [7, 11) is 0. The molecule has 0 aromatic carbocycles. The van der Waals surface area contributed by atoms with Crippen LogP contribution in [0.3, 0.4) is 0 Å². The van der Waals surface area contributed by atoms with Gasteiger partial charge < -0.3 is 10.1 Å². The van der Waals surface area contributed by atoms with Crippen molar-refractivity contribution in [2.24, 2.45) is 0 Å². The van der Waals surface area contributed by atoms with Crippen LogP contribution >= 0.6 is 0 Å². The molecule has 2 rings (SSSR count). The highest BCUT2D eigenvalue weighted by Gasteiger charge is 2.29. The van der Waals surface area contributed by atoms with Crippen LogP contribution in [0, 0.1) is 13.8 Å². The Morgan fingerprint density at radius 3 is 2.50 bits per heavy atom. The third-order valence-electron chi connectivity index (χ3n) is 4.13. The average molecular weight is 424 g/mol. The average Bonchev–Trinajstić information content (AvgIpc) is 2.65. The van der Waals surface area contributed by atoms with E-state index in [4.69, 9.17) is 0 Å². The van der Waals surface area contributed by atoms with E-state index in [2.05, 4.69) is 25.0 Å². The van der Waals surface area contributed by atoms with Gasteiger partial charge in [-0.1, -0.05) is 6.92 Å². The largest absolute Gasteiger partial charge is 0.468 e. The van der Waals surface area contributed by atoms with Crippen LogP contribution in [0.15, 0.2) is 18.3 Å². The molecule has 1 amide bonds. The number of carbonyl (C=O) groups excluding carboxylic acids is 2.